The quantitative estimate of drug-likeness (QED) is 0.508. The number of hydrogen-bond acceptors (Lipinski definition) is 3. The average Bonchev–Trinajstić information content (AvgIpc) is 1.90. The molecule has 4 heteroatoms. The number of carbonyl (C=O) groups excluding carboxylic acids is 1. The van der Waals surface area contributed by atoms with E-state index in [9.17, 15) is 4.79 Å². The highest BCUT2D eigenvalue weighted by molar-refractivity contribution is 5.77. The largest absolute Gasteiger partial charge is 0.365 e. The van der Waals surface area contributed by atoms with Crippen LogP contribution in [0.4, 0.5) is 0 Å². The fourth-order valence-corrected chi connectivity index (χ4v) is 0.652. The maximum absolute atomic E-state index is 10.3. The van der Waals surface area contributed by atoms with Crippen LogP contribution in [0.15, 0.2) is 0 Å². The van der Waals surface area contributed by atoms with E-state index in [1.54, 1.807) is 0 Å². The lowest BCUT2D eigenvalue weighted by Gasteiger charge is -2.19. The van der Waals surface area contributed by atoms with Crippen LogP contribution in [0.1, 0.15) is 6.42 Å². The summed E-state index contributed by atoms with van der Waals surface area (Å²) in [6.45, 7) is 1.13. The molecule has 0 aromatic rings. The van der Waals surface area contributed by atoms with Crippen LogP contribution >= 0.6 is 0 Å². The Balaban J connectivity index is 2.31. The fourth-order valence-electron chi connectivity index (χ4n) is 0.652. The molecule has 0 aliphatic carbocycles. The minimum absolute atomic E-state index is 0.547. The topological polar surface area (TPSA) is 61.6 Å². The molecule has 2 N–H and O–H groups in total. The van der Waals surface area contributed by atoms with Crippen LogP contribution in [0.5, 0.6) is 0 Å². The molecule has 1 heterocycles. The highest BCUT2D eigenvalue weighted by Crippen LogP contribution is 2.02. The van der Waals surface area contributed by atoms with Gasteiger partial charge in [0.1, 0.15) is 0 Å². The number of amides is 1. The van der Waals surface area contributed by atoms with Crippen LogP contribution in [0.2, 0.25) is 0 Å². The van der Waals surface area contributed by atoms with Gasteiger partial charge in [-0.25, -0.2) is 0 Å². The first kappa shape index (κ1) is 6.51. The molecule has 52 valence electrons. The Morgan fingerprint density at radius 3 is 2.33 bits per heavy atom. The summed E-state index contributed by atoms with van der Waals surface area (Å²) >= 11 is 0. The van der Waals surface area contributed by atoms with Crippen molar-refractivity contribution >= 4 is 5.91 Å². The standard InChI is InChI=1S/C5H9NO3/c6-4(7)5-8-2-1-3-9-5/h5H,1-3H2,(H2,6,7). The van der Waals surface area contributed by atoms with Crippen molar-refractivity contribution in [3.8, 4) is 0 Å². The van der Waals surface area contributed by atoms with E-state index in [0.29, 0.717) is 13.2 Å². The van der Waals surface area contributed by atoms with Crippen LogP contribution < -0.4 is 5.73 Å². The van der Waals surface area contributed by atoms with Crippen LogP contribution in [0, 0.1) is 0 Å². The monoisotopic (exact) mass is 131 g/mol. The zero-order valence-electron chi connectivity index (χ0n) is 5.00. The van der Waals surface area contributed by atoms with Gasteiger partial charge in [0.15, 0.2) is 0 Å². The van der Waals surface area contributed by atoms with Gasteiger partial charge in [0.05, 0.1) is 13.2 Å². The molecule has 0 spiro atoms. The number of hydrogen-bond donors (Lipinski definition) is 1. The molecule has 0 radical (unpaired) electrons. The highest BCUT2D eigenvalue weighted by Gasteiger charge is 2.18. The van der Waals surface area contributed by atoms with Crippen molar-refractivity contribution in [1.82, 2.24) is 0 Å². The van der Waals surface area contributed by atoms with Crippen molar-refractivity contribution in [2.45, 2.75) is 12.7 Å². The summed E-state index contributed by atoms with van der Waals surface area (Å²) in [7, 11) is 0. The Morgan fingerprint density at radius 1 is 1.44 bits per heavy atom. The first-order valence-electron chi connectivity index (χ1n) is 2.83. The molecule has 1 aliphatic heterocycles. The number of rotatable bonds is 1. The summed E-state index contributed by atoms with van der Waals surface area (Å²) in [5.41, 5.74) is 4.88. The maximum atomic E-state index is 10.3. The summed E-state index contributed by atoms with van der Waals surface area (Å²) in [6.07, 6.45) is 0.0304. The highest BCUT2D eigenvalue weighted by atomic mass is 16.7. The lowest BCUT2D eigenvalue weighted by Crippen LogP contribution is -2.37. The number of nitrogens with two attached hydrogens (primary N) is 1. The molecular weight excluding hydrogens is 122 g/mol. The molecular formula is C5H9NO3. The summed E-state index contributed by atoms with van der Waals surface area (Å²) in [5, 5.41) is 0. The predicted molar refractivity (Wildman–Crippen MR) is 29.5 cm³/mol. The Hall–Kier alpha value is -0.610. The van der Waals surface area contributed by atoms with Gasteiger partial charge in [0, 0.05) is 0 Å². The third-order valence-electron chi connectivity index (χ3n) is 1.06. The molecule has 4 nitrogen and oxygen atoms in total. The van der Waals surface area contributed by atoms with E-state index in [1.807, 2.05) is 0 Å². The van der Waals surface area contributed by atoms with Gasteiger partial charge >= 0.3 is 0 Å². The first-order chi connectivity index (χ1) is 4.30. The smallest absolute Gasteiger partial charge is 0.274 e. The van der Waals surface area contributed by atoms with E-state index in [0.717, 1.165) is 6.42 Å². The van der Waals surface area contributed by atoms with Crippen molar-refractivity contribution in [3.05, 3.63) is 0 Å². The van der Waals surface area contributed by atoms with Crippen molar-refractivity contribution in [2.75, 3.05) is 13.2 Å². The van der Waals surface area contributed by atoms with E-state index in [-0.39, 0.29) is 0 Å². The average molecular weight is 131 g/mol. The Kier molecular flexibility index (Phi) is 2.02. The van der Waals surface area contributed by atoms with Gasteiger partial charge in [-0.2, -0.15) is 0 Å². The van der Waals surface area contributed by atoms with E-state index >= 15 is 0 Å². The van der Waals surface area contributed by atoms with Crippen LogP contribution in [0.3, 0.4) is 0 Å². The molecule has 0 bridgehead atoms. The Labute approximate surface area is 52.9 Å². The van der Waals surface area contributed by atoms with Gasteiger partial charge in [-0.1, -0.05) is 0 Å². The van der Waals surface area contributed by atoms with Crippen molar-refractivity contribution < 1.29 is 14.3 Å². The van der Waals surface area contributed by atoms with Gasteiger partial charge < -0.3 is 15.2 Å². The van der Waals surface area contributed by atoms with E-state index in [4.69, 9.17) is 15.2 Å². The van der Waals surface area contributed by atoms with E-state index in [1.165, 1.54) is 0 Å². The zero-order chi connectivity index (χ0) is 6.69. The molecule has 0 atom stereocenters. The summed E-state index contributed by atoms with van der Waals surface area (Å²) in [6, 6.07) is 0. The van der Waals surface area contributed by atoms with Crippen molar-refractivity contribution in [2.24, 2.45) is 5.73 Å². The lowest BCUT2D eigenvalue weighted by atomic mass is 10.4. The normalized spacial score (nSPS) is 21.8. The second-order valence-electron chi connectivity index (χ2n) is 1.83. The molecule has 1 rings (SSSR count). The number of carbonyl (C=O) groups is 1. The van der Waals surface area contributed by atoms with E-state index < -0.39 is 12.2 Å². The maximum Gasteiger partial charge on any atom is 0.274 e. The van der Waals surface area contributed by atoms with Gasteiger partial charge in [0.2, 0.25) is 6.29 Å². The molecule has 0 aromatic carbocycles. The van der Waals surface area contributed by atoms with Crippen LogP contribution in [0.25, 0.3) is 0 Å². The minimum Gasteiger partial charge on any atom is -0.365 e. The Morgan fingerprint density at radius 2 is 2.00 bits per heavy atom. The summed E-state index contributed by atoms with van der Waals surface area (Å²) in [4.78, 5) is 10.3. The second kappa shape index (κ2) is 2.80. The first-order valence-corrected chi connectivity index (χ1v) is 2.83. The molecule has 1 saturated heterocycles. The molecule has 1 amide bonds. The number of primary amides is 1. The number of ether oxygens (including phenoxy) is 2. The molecule has 1 fully saturated rings. The third kappa shape index (κ3) is 1.65. The lowest BCUT2D eigenvalue weighted by molar-refractivity contribution is -0.187. The third-order valence-corrected chi connectivity index (χ3v) is 1.06. The van der Waals surface area contributed by atoms with Gasteiger partial charge in [0.25, 0.3) is 5.91 Å². The molecule has 9 heavy (non-hydrogen) atoms. The van der Waals surface area contributed by atoms with Gasteiger partial charge in [-0.15, -0.1) is 0 Å². The molecule has 0 unspecified atom stereocenters. The van der Waals surface area contributed by atoms with Crippen molar-refractivity contribution in [3.63, 3.8) is 0 Å². The van der Waals surface area contributed by atoms with Crippen LogP contribution in [-0.2, 0) is 14.3 Å². The summed E-state index contributed by atoms with van der Waals surface area (Å²) < 4.78 is 9.69. The predicted octanol–water partition coefficient (Wildman–Crippen LogP) is -0.765. The van der Waals surface area contributed by atoms with Crippen molar-refractivity contribution in [1.29, 1.82) is 0 Å². The van der Waals surface area contributed by atoms with Crippen LogP contribution in [-0.4, -0.2) is 25.4 Å². The summed E-state index contributed by atoms with van der Waals surface area (Å²) in [5.74, 6) is -0.547. The molecule has 1 aliphatic rings. The van der Waals surface area contributed by atoms with E-state index in [2.05, 4.69) is 0 Å². The minimum atomic E-state index is -0.807. The Bertz CT molecular complexity index is 109. The fraction of sp³-hybridized carbons (Fsp3) is 0.800. The zero-order valence-corrected chi connectivity index (χ0v) is 5.00. The molecule has 0 aromatic heterocycles. The van der Waals surface area contributed by atoms with Gasteiger partial charge in [-0.05, 0) is 6.42 Å². The molecule has 0 saturated carbocycles. The van der Waals surface area contributed by atoms with Gasteiger partial charge in [-0.3, -0.25) is 4.79 Å². The SMILES string of the molecule is NC(=O)C1OCCCO1. The second-order valence-corrected chi connectivity index (χ2v) is 1.83.